The number of aliphatic imine (C=N–C) groups is 1. The number of nitro benzene ring substituents is 1. The number of hydrogen-bond acceptors (Lipinski definition) is 7. The second-order valence-corrected chi connectivity index (χ2v) is 7.50. The Hall–Kier alpha value is -4.20. The number of methoxy groups -OCH3 is 1. The number of nitrogens with zero attached hydrogens (tertiary/aromatic N) is 3. The van der Waals surface area contributed by atoms with Gasteiger partial charge in [0.15, 0.2) is 17.1 Å². The standard InChI is InChI=1S/C24H21N3O5/c1-13-8-14(2)23-20(9-13)26-24(32-23)18-6-5-7-19(15(18)3)25-12-16-10-17(27(29)30)11-21(31-4)22(16)28/h5-12,28H,1-4H3. The Bertz CT molecular complexity index is 1390. The van der Waals surface area contributed by atoms with Gasteiger partial charge in [-0.25, -0.2) is 4.98 Å². The maximum Gasteiger partial charge on any atom is 0.274 e. The van der Waals surface area contributed by atoms with Crippen molar-refractivity contribution < 1.29 is 19.2 Å². The molecule has 8 nitrogen and oxygen atoms in total. The van der Waals surface area contributed by atoms with Crippen LogP contribution in [-0.4, -0.2) is 28.3 Å². The molecule has 0 radical (unpaired) electrons. The first-order chi connectivity index (χ1) is 15.3. The van der Waals surface area contributed by atoms with Gasteiger partial charge in [-0.05, 0) is 55.7 Å². The molecule has 8 heteroatoms. The minimum absolute atomic E-state index is 0.00302. The zero-order chi connectivity index (χ0) is 23.0. The molecule has 0 aliphatic carbocycles. The monoisotopic (exact) mass is 431 g/mol. The highest BCUT2D eigenvalue weighted by atomic mass is 16.6. The van der Waals surface area contributed by atoms with Crippen molar-refractivity contribution in [3.05, 3.63) is 74.8 Å². The van der Waals surface area contributed by atoms with E-state index < -0.39 is 4.92 Å². The van der Waals surface area contributed by atoms with Crippen molar-refractivity contribution in [1.29, 1.82) is 0 Å². The first-order valence-corrected chi connectivity index (χ1v) is 9.85. The largest absolute Gasteiger partial charge is 0.504 e. The molecule has 0 unspecified atom stereocenters. The topological polar surface area (TPSA) is 111 Å². The third kappa shape index (κ3) is 3.78. The number of rotatable bonds is 5. The lowest BCUT2D eigenvalue weighted by Crippen LogP contribution is -1.94. The zero-order valence-corrected chi connectivity index (χ0v) is 18.0. The van der Waals surface area contributed by atoms with Gasteiger partial charge in [-0.3, -0.25) is 15.1 Å². The minimum atomic E-state index is -0.553. The summed E-state index contributed by atoms with van der Waals surface area (Å²) in [5.41, 5.74) is 5.85. The molecule has 1 heterocycles. The Balaban J connectivity index is 1.76. The average molecular weight is 431 g/mol. The van der Waals surface area contributed by atoms with Crippen molar-refractivity contribution in [1.82, 2.24) is 4.98 Å². The number of oxazole rings is 1. The highest BCUT2D eigenvalue weighted by Crippen LogP contribution is 2.35. The average Bonchev–Trinajstić information content (AvgIpc) is 3.17. The van der Waals surface area contributed by atoms with Crippen LogP contribution in [0.3, 0.4) is 0 Å². The van der Waals surface area contributed by atoms with Crippen molar-refractivity contribution >= 4 is 28.7 Å². The maximum absolute atomic E-state index is 11.2. The molecule has 0 bridgehead atoms. The summed E-state index contributed by atoms with van der Waals surface area (Å²) in [6, 6.07) is 12.0. The third-order valence-electron chi connectivity index (χ3n) is 5.22. The second kappa shape index (κ2) is 8.14. The first-order valence-electron chi connectivity index (χ1n) is 9.85. The number of nitro groups is 1. The van der Waals surface area contributed by atoms with Gasteiger partial charge in [0.1, 0.15) is 5.52 Å². The smallest absolute Gasteiger partial charge is 0.274 e. The molecule has 0 atom stereocenters. The van der Waals surface area contributed by atoms with E-state index >= 15 is 0 Å². The summed E-state index contributed by atoms with van der Waals surface area (Å²) in [6.45, 7) is 5.89. The first kappa shape index (κ1) is 21.0. The van der Waals surface area contributed by atoms with E-state index in [9.17, 15) is 15.2 Å². The minimum Gasteiger partial charge on any atom is -0.504 e. The summed E-state index contributed by atoms with van der Waals surface area (Å²) in [4.78, 5) is 19.7. The molecule has 0 fully saturated rings. The Kier molecular flexibility index (Phi) is 5.36. The van der Waals surface area contributed by atoms with Crippen LogP contribution in [0.4, 0.5) is 11.4 Å². The highest BCUT2D eigenvalue weighted by molar-refractivity contribution is 5.89. The molecule has 0 aliphatic heterocycles. The van der Waals surface area contributed by atoms with Crippen molar-refractivity contribution in [3.8, 4) is 23.0 Å². The van der Waals surface area contributed by atoms with Gasteiger partial charge in [-0.1, -0.05) is 12.1 Å². The van der Waals surface area contributed by atoms with Gasteiger partial charge < -0.3 is 14.3 Å². The number of ether oxygens (including phenoxy) is 1. The Morgan fingerprint density at radius 3 is 2.69 bits per heavy atom. The van der Waals surface area contributed by atoms with Crippen molar-refractivity contribution in [2.24, 2.45) is 4.99 Å². The fourth-order valence-corrected chi connectivity index (χ4v) is 3.60. The predicted octanol–water partition coefficient (Wildman–Crippen LogP) is 5.79. The predicted molar refractivity (Wildman–Crippen MR) is 122 cm³/mol. The van der Waals surface area contributed by atoms with Gasteiger partial charge in [-0.15, -0.1) is 0 Å². The number of aromatic hydroxyl groups is 1. The molecule has 3 aromatic carbocycles. The fourth-order valence-electron chi connectivity index (χ4n) is 3.60. The molecule has 0 saturated carbocycles. The number of aryl methyl sites for hydroxylation is 2. The number of aromatic nitrogens is 1. The molecule has 4 rings (SSSR count). The van der Waals surface area contributed by atoms with Gasteiger partial charge >= 0.3 is 0 Å². The van der Waals surface area contributed by atoms with E-state index in [0.717, 1.165) is 39.4 Å². The number of phenols is 1. The lowest BCUT2D eigenvalue weighted by molar-refractivity contribution is -0.385. The van der Waals surface area contributed by atoms with Crippen LogP contribution in [-0.2, 0) is 0 Å². The normalized spacial score (nSPS) is 11.4. The molecule has 4 aromatic rings. The third-order valence-corrected chi connectivity index (χ3v) is 5.22. The molecule has 0 spiro atoms. The summed E-state index contributed by atoms with van der Waals surface area (Å²) in [7, 11) is 1.33. The number of benzene rings is 3. The second-order valence-electron chi connectivity index (χ2n) is 7.50. The number of fused-ring (bicyclic) bond motifs is 1. The summed E-state index contributed by atoms with van der Waals surface area (Å²) < 4.78 is 11.1. The molecule has 0 amide bonds. The van der Waals surface area contributed by atoms with E-state index in [4.69, 9.17) is 9.15 Å². The van der Waals surface area contributed by atoms with E-state index in [1.807, 2.05) is 45.0 Å². The molecule has 0 saturated heterocycles. The Labute approximate surface area is 184 Å². The summed E-state index contributed by atoms with van der Waals surface area (Å²) >= 11 is 0. The van der Waals surface area contributed by atoms with E-state index in [2.05, 4.69) is 9.98 Å². The molecule has 1 N–H and O–H groups in total. The van der Waals surface area contributed by atoms with Crippen molar-refractivity contribution in [2.45, 2.75) is 20.8 Å². The summed E-state index contributed by atoms with van der Waals surface area (Å²) in [5, 5.41) is 21.5. The lowest BCUT2D eigenvalue weighted by atomic mass is 10.1. The van der Waals surface area contributed by atoms with Crippen LogP contribution in [0.15, 0.2) is 51.9 Å². The highest BCUT2D eigenvalue weighted by Gasteiger charge is 2.17. The van der Waals surface area contributed by atoms with Crippen LogP contribution in [0.1, 0.15) is 22.3 Å². The number of hydrogen-bond donors (Lipinski definition) is 1. The van der Waals surface area contributed by atoms with Crippen molar-refractivity contribution in [3.63, 3.8) is 0 Å². The summed E-state index contributed by atoms with van der Waals surface area (Å²) in [5.74, 6) is 0.270. The van der Waals surface area contributed by atoms with Crippen LogP contribution in [0.5, 0.6) is 11.5 Å². The quantitative estimate of drug-likeness (QED) is 0.243. The Morgan fingerprint density at radius 2 is 1.97 bits per heavy atom. The van der Waals surface area contributed by atoms with Crippen LogP contribution in [0.25, 0.3) is 22.6 Å². The molecular weight excluding hydrogens is 410 g/mol. The van der Waals surface area contributed by atoms with Gasteiger partial charge in [0, 0.05) is 23.4 Å². The van der Waals surface area contributed by atoms with E-state index in [0.29, 0.717) is 11.6 Å². The van der Waals surface area contributed by atoms with Crippen LogP contribution in [0.2, 0.25) is 0 Å². The van der Waals surface area contributed by atoms with E-state index in [1.54, 1.807) is 6.07 Å². The molecule has 1 aromatic heterocycles. The van der Waals surface area contributed by atoms with Gasteiger partial charge in [0.25, 0.3) is 5.69 Å². The lowest BCUT2D eigenvalue weighted by Gasteiger charge is -2.07. The zero-order valence-electron chi connectivity index (χ0n) is 18.0. The van der Waals surface area contributed by atoms with Crippen LogP contribution < -0.4 is 4.74 Å². The number of phenolic OH excluding ortho intramolecular Hbond substituents is 1. The summed E-state index contributed by atoms with van der Waals surface area (Å²) in [6.07, 6.45) is 1.37. The van der Waals surface area contributed by atoms with Crippen molar-refractivity contribution in [2.75, 3.05) is 7.11 Å². The van der Waals surface area contributed by atoms with Gasteiger partial charge in [0.2, 0.25) is 5.89 Å². The molecule has 32 heavy (non-hydrogen) atoms. The van der Waals surface area contributed by atoms with Gasteiger partial charge in [0.05, 0.1) is 23.8 Å². The molecule has 162 valence electrons. The van der Waals surface area contributed by atoms with Crippen LogP contribution >= 0.6 is 0 Å². The van der Waals surface area contributed by atoms with Gasteiger partial charge in [-0.2, -0.15) is 0 Å². The van der Waals surface area contributed by atoms with E-state index in [1.165, 1.54) is 19.4 Å². The van der Waals surface area contributed by atoms with E-state index in [-0.39, 0.29) is 22.7 Å². The SMILES string of the molecule is COc1cc([N+](=O)[O-])cc(C=Nc2cccc(-c3nc4cc(C)cc(C)c4o3)c2C)c1O. The fraction of sp³-hybridized carbons (Fsp3) is 0.167. The Morgan fingerprint density at radius 1 is 1.19 bits per heavy atom. The molecular formula is C24H21N3O5. The van der Waals surface area contributed by atoms with Crippen LogP contribution in [0, 0.1) is 30.9 Å². The maximum atomic E-state index is 11.2. The molecule has 0 aliphatic rings. The number of non-ortho nitro benzene ring substituents is 1.